The van der Waals surface area contributed by atoms with Crippen molar-refractivity contribution in [2.75, 3.05) is 24.5 Å². The van der Waals surface area contributed by atoms with Crippen molar-refractivity contribution in [3.8, 4) is 0 Å². The van der Waals surface area contributed by atoms with Crippen LogP contribution in [0.1, 0.15) is 6.92 Å². The van der Waals surface area contributed by atoms with Crippen molar-refractivity contribution in [3.63, 3.8) is 0 Å². The minimum atomic E-state index is 0.558. The molecule has 1 unspecified atom stereocenters. The third kappa shape index (κ3) is 1.56. The Morgan fingerprint density at radius 1 is 1.75 bits per heavy atom. The Hall–Kier alpha value is -0.680. The number of hydrogen-bond acceptors (Lipinski definition) is 5. The quantitative estimate of drug-likeness (QED) is 0.683. The molecule has 0 aliphatic carbocycles. The van der Waals surface area contributed by atoms with Crippen LogP contribution in [0.25, 0.3) is 0 Å². The summed E-state index contributed by atoms with van der Waals surface area (Å²) in [6.07, 6.45) is 0. The van der Waals surface area contributed by atoms with Crippen molar-refractivity contribution in [2.24, 2.45) is 0 Å². The maximum atomic E-state index is 4.04. The lowest BCUT2D eigenvalue weighted by molar-refractivity contribution is 0.483. The fourth-order valence-electron chi connectivity index (χ4n) is 1.41. The Kier molecular flexibility index (Phi) is 2.23. The van der Waals surface area contributed by atoms with Gasteiger partial charge in [0.1, 0.15) is 5.51 Å². The smallest absolute Gasteiger partial charge is 0.208 e. The molecule has 1 N–H and O–H groups in total. The van der Waals surface area contributed by atoms with Crippen molar-refractivity contribution < 1.29 is 0 Å². The Morgan fingerprint density at radius 2 is 2.67 bits per heavy atom. The van der Waals surface area contributed by atoms with Crippen LogP contribution in [-0.2, 0) is 0 Å². The molecule has 0 amide bonds. The third-order valence-electron chi connectivity index (χ3n) is 1.99. The zero-order chi connectivity index (χ0) is 8.39. The summed E-state index contributed by atoms with van der Waals surface area (Å²) in [5.41, 5.74) is 1.78. The average Bonchev–Trinajstić information content (AvgIpc) is 2.56. The predicted molar refractivity (Wildman–Crippen MR) is 49.6 cm³/mol. The third-order valence-corrected chi connectivity index (χ3v) is 2.74. The Bertz CT molecular complexity index is 236. The van der Waals surface area contributed by atoms with Gasteiger partial charge in [-0.3, -0.25) is 0 Å². The van der Waals surface area contributed by atoms with E-state index in [0.717, 1.165) is 24.8 Å². The Balaban J connectivity index is 2.04. The van der Waals surface area contributed by atoms with Crippen molar-refractivity contribution in [1.82, 2.24) is 15.5 Å². The fourth-order valence-corrected chi connectivity index (χ4v) is 2.01. The normalized spacial score (nSPS) is 24.4. The summed E-state index contributed by atoms with van der Waals surface area (Å²) >= 11 is 1.61. The van der Waals surface area contributed by atoms with Crippen LogP contribution in [0, 0.1) is 0 Å². The summed E-state index contributed by atoms with van der Waals surface area (Å²) < 4.78 is 0. The van der Waals surface area contributed by atoms with E-state index in [-0.39, 0.29) is 0 Å². The van der Waals surface area contributed by atoms with E-state index in [2.05, 4.69) is 27.3 Å². The first kappa shape index (κ1) is 7.94. The first-order chi connectivity index (χ1) is 5.86. The number of hydrogen-bond donors (Lipinski definition) is 1. The molecule has 1 aliphatic heterocycles. The summed E-state index contributed by atoms with van der Waals surface area (Å²) in [4.78, 5) is 2.28. The zero-order valence-electron chi connectivity index (χ0n) is 7.03. The second kappa shape index (κ2) is 3.37. The number of piperazine rings is 1. The van der Waals surface area contributed by atoms with Crippen molar-refractivity contribution >= 4 is 16.5 Å². The topological polar surface area (TPSA) is 41.1 Å². The molecule has 1 aromatic heterocycles. The van der Waals surface area contributed by atoms with E-state index in [1.807, 2.05) is 0 Å². The van der Waals surface area contributed by atoms with Crippen molar-refractivity contribution in [2.45, 2.75) is 13.0 Å². The van der Waals surface area contributed by atoms with E-state index in [1.54, 1.807) is 16.8 Å². The van der Waals surface area contributed by atoms with Gasteiger partial charge in [-0.05, 0) is 6.92 Å². The summed E-state index contributed by atoms with van der Waals surface area (Å²) in [5, 5.41) is 12.3. The molecule has 1 atom stereocenters. The molecule has 5 heteroatoms. The molecule has 2 rings (SSSR count). The number of aromatic nitrogens is 2. The summed E-state index contributed by atoms with van der Waals surface area (Å²) in [6, 6.07) is 0.558. The van der Waals surface area contributed by atoms with Gasteiger partial charge < -0.3 is 10.2 Å². The lowest BCUT2D eigenvalue weighted by Crippen LogP contribution is -2.49. The van der Waals surface area contributed by atoms with Crippen LogP contribution in [0.3, 0.4) is 0 Å². The van der Waals surface area contributed by atoms with E-state index >= 15 is 0 Å². The maximum absolute atomic E-state index is 4.04. The van der Waals surface area contributed by atoms with Crippen LogP contribution < -0.4 is 10.2 Å². The highest BCUT2D eigenvalue weighted by Gasteiger charge is 2.17. The van der Waals surface area contributed by atoms with Crippen LogP contribution >= 0.6 is 11.3 Å². The molecule has 0 saturated carbocycles. The highest BCUT2D eigenvalue weighted by molar-refractivity contribution is 7.13. The number of nitrogens with zero attached hydrogens (tertiary/aromatic N) is 3. The first-order valence-electron chi connectivity index (χ1n) is 4.11. The van der Waals surface area contributed by atoms with Gasteiger partial charge in [0, 0.05) is 25.7 Å². The molecule has 0 aromatic carbocycles. The van der Waals surface area contributed by atoms with Gasteiger partial charge >= 0.3 is 0 Å². The monoisotopic (exact) mass is 184 g/mol. The number of nitrogens with one attached hydrogen (secondary N) is 1. The molecule has 2 heterocycles. The van der Waals surface area contributed by atoms with Gasteiger partial charge in [0.25, 0.3) is 0 Å². The van der Waals surface area contributed by atoms with Gasteiger partial charge in [0.05, 0.1) is 0 Å². The van der Waals surface area contributed by atoms with Crippen LogP contribution in [0.5, 0.6) is 0 Å². The Morgan fingerprint density at radius 3 is 3.33 bits per heavy atom. The minimum Gasteiger partial charge on any atom is -0.344 e. The molecule has 4 nitrogen and oxygen atoms in total. The molecule has 0 radical (unpaired) electrons. The van der Waals surface area contributed by atoms with Crippen molar-refractivity contribution in [1.29, 1.82) is 0 Å². The fraction of sp³-hybridized carbons (Fsp3) is 0.714. The summed E-state index contributed by atoms with van der Waals surface area (Å²) in [5.74, 6) is 0. The molecule has 0 bridgehead atoms. The first-order valence-corrected chi connectivity index (χ1v) is 4.99. The molecule has 1 fully saturated rings. The van der Waals surface area contributed by atoms with Crippen LogP contribution in [0.4, 0.5) is 5.13 Å². The molecule has 1 aliphatic rings. The van der Waals surface area contributed by atoms with E-state index in [4.69, 9.17) is 0 Å². The van der Waals surface area contributed by atoms with Crippen LogP contribution in [0.15, 0.2) is 5.51 Å². The van der Waals surface area contributed by atoms with Gasteiger partial charge in [0.15, 0.2) is 0 Å². The standard InChI is InChI=1S/C7H12N4S/c1-6-4-11(3-2-8-6)7-10-9-5-12-7/h5-6,8H,2-4H2,1H3. The van der Waals surface area contributed by atoms with Gasteiger partial charge in [-0.1, -0.05) is 11.3 Å². The largest absolute Gasteiger partial charge is 0.344 e. The Labute approximate surface area is 75.6 Å². The molecule has 12 heavy (non-hydrogen) atoms. The zero-order valence-corrected chi connectivity index (χ0v) is 7.84. The van der Waals surface area contributed by atoms with Gasteiger partial charge in [-0.25, -0.2) is 0 Å². The second-order valence-electron chi connectivity index (χ2n) is 3.02. The second-order valence-corrected chi connectivity index (χ2v) is 3.83. The maximum Gasteiger partial charge on any atom is 0.208 e. The molecule has 1 aromatic rings. The SMILES string of the molecule is CC1CN(c2nncs2)CCN1. The molecule has 66 valence electrons. The lowest BCUT2D eigenvalue weighted by atomic mass is 10.2. The average molecular weight is 184 g/mol. The molecule has 1 saturated heterocycles. The van der Waals surface area contributed by atoms with Crippen molar-refractivity contribution in [3.05, 3.63) is 5.51 Å². The summed E-state index contributed by atoms with van der Waals surface area (Å²) in [7, 11) is 0. The highest BCUT2D eigenvalue weighted by Crippen LogP contribution is 2.16. The van der Waals surface area contributed by atoms with Gasteiger partial charge in [-0.2, -0.15) is 0 Å². The van der Waals surface area contributed by atoms with E-state index < -0.39 is 0 Å². The molecular formula is C7H12N4S. The number of rotatable bonds is 1. The minimum absolute atomic E-state index is 0.558. The predicted octanol–water partition coefficient (Wildman–Crippen LogP) is 0.336. The lowest BCUT2D eigenvalue weighted by Gasteiger charge is -2.31. The summed E-state index contributed by atoms with van der Waals surface area (Å²) in [6.45, 7) is 5.31. The van der Waals surface area contributed by atoms with E-state index in [1.165, 1.54) is 0 Å². The van der Waals surface area contributed by atoms with Crippen LogP contribution in [0.2, 0.25) is 0 Å². The number of anilines is 1. The van der Waals surface area contributed by atoms with E-state index in [9.17, 15) is 0 Å². The van der Waals surface area contributed by atoms with E-state index in [0.29, 0.717) is 6.04 Å². The molecular weight excluding hydrogens is 172 g/mol. The van der Waals surface area contributed by atoms with Gasteiger partial charge in [-0.15, -0.1) is 10.2 Å². The van der Waals surface area contributed by atoms with Crippen LogP contribution in [-0.4, -0.2) is 35.9 Å². The highest BCUT2D eigenvalue weighted by atomic mass is 32.1. The van der Waals surface area contributed by atoms with Gasteiger partial charge in [0.2, 0.25) is 5.13 Å². The molecule has 0 spiro atoms.